The Balaban J connectivity index is 2.18. The van der Waals surface area contributed by atoms with Crippen molar-refractivity contribution in [3.8, 4) is 0 Å². The van der Waals surface area contributed by atoms with Crippen molar-refractivity contribution in [2.75, 3.05) is 0 Å². The van der Waals surface area contributed by atoms with Crippen molar-refractivity contribution in [1.29, 1.82) is 0 Å². The topological polar surface area (TPSA) is 8.81 Å². The highest BCUT2D eigenvalue weighted by atomic mass is 19.4. The van der Waals surface area contributed by atoms with E-state index in [-0.39, 0.29) is 0 Å². The summed E-state index contributed by atoms with van der Waals surface area (Å²) in [5, 5.41) is 0. The van der Waals surface area contributed by atoms with Crippen LogP contribution in [0.15, 0.2) is 54.6 Å². The molecular weight excluding hydrogens is 301 g/mol. The van der Waals surface area contributed by atoms with Gasteiger partial charge in [-0.25, -0.2) is 9.13 Å². The summed E-state index contributed by atoms with van der Waals surface area (Å²) < 4.78 is 42.6. The van der Waals surface area contributed by atoms with Crippen LogP contribution in [0.2, 0.25) is 0 Å². The van der Waals surface area contributed by atoms with Gasteiger partial charge in [-0.15, -0.1) is 0 Å². The lowest BCUT2D eigenvalue weighted by molar-refractivity contribution is -0.703. The highest BCUT2D eigenvalue weighted by Gasteiger charge is 2.35. The number of fused-ring (bicyclic) bond motifs is 1. The first-order chi connectivity index (χ1) is 11.0. The second-order valence-electron chi connectivity index (χ2n) is 5.51. The van der Waals surface area contributed by atoms with Crippen molar-refractivity contribution in [2.45, 2.75) is 32.6 Å². The average Bonchev–Trinajstić information content (AvgIpc) is 2.80. The molecule has 23 heavy (non-hydrogen) atoms. The Morgan fingerprint density at radius 2 is 1.61 bits per heavy atom. The van der Waals surface area contributed by atoms with Crippen LogP contribution in [-0.2, 0) is 19.5 Å². The fraction of sp³-hybridized carbons (Fsp3) is 0.278. The molecule has 0 fully saturated rings. The maximum Gasteiger partial charge on any atom is 0.426 e. The predicted octanol–water partition coefficient (Wildman–Crippen LogP) is 4.10. The van der Waals surface area contributed by atoms with E-state index in [2.05, 4.69) is 0 Å². The van der Waals surface area contributed by atoms with E-state index in [0.29, 0.717) is 24.3 Å². The van der Waals surface area contributed by atoms with Crippen LogP contribution in [-0.4, -0.2) is 10.7 Å². The highest BCUT2D eigenvalue weighted by Crippen LogP contribution is 2.21. The van der Waals surface area contributed by atoms with Gasteiger partial charge in [0, 0.05) is 0 Å². The molecule has 3 rings (SSSR count). The molecule has 0 unspecified atom stereocenters. The van der Waals surface area contributed by atoms with Gasteiger partial charge in [-0.3, -0.25) is 0 Å². The number of aromatic nitrogens is 2. The first kappa shape index (κ1) is 15.6. The Morgan fingerprint density at radius 3 is 2.26 bits per heavy atom. The van der Waals surface area contributed by atoms with Gasteiger partial charge in [0.2, 0.25) is 0 Å². The molecule has 0 saturated carbocycles. The number of imidazole rings is 1. The van der Waals surface area contributed by atoms with E-state index in [1.807, 2.05) is 54.0 Å². The van der Waals surface area contributed by atoms with E-state index in [1.165, 1.54) is 4.57 Å². The third kappa shape index (κ3) is 3.23. The van der Waals surface area contributed by atoms with Crippen molar-refractivity contribution in [1.82, 2.24) is 4.57 Å². The number of hydrogen-bond acceptors (Lipinski definition) is 0. The fourth-order valence-corrected chi connectivity index (χ4v) is 3.02. The molecule has 0 bridgehead atoms. The molecule has 2 nitrogen and oxygen atoms in total. The Bertz CT molecular complexity index is 804. The summed E-state index contributed by atoms with van der Waals surface area (Å²) in [5.41, 5.74) is 2.46. The van der Waals surface area contributed by atoms with Gasteiger partial charge in [0.25, 0.3) is 5.82 Å². The Labute approximate surface area is 132 Å². The minimum absolute atomic E-state index is 0.472. The second kappa shape index (κ2) is 6.07. The first-order valence-electron chi connectivity index (χ1n) is 7.60. The Morgan fingerprint density at radius 1 is 0.957 bits per heavy atom. The van der Waals surface area contributed by atoms with Crippen LogP contribution in [0.25, 0.3) is 11.0 Å². The number of benzene rings is 2. The number of nitrogens with zero attached hydrogens (tertiary/aromatic N) is 2. The first-order valence-corrected chi connectivity index (χ1v) is 7.60. The molecule has 120 valence electrons. The summed E-state index contributed by atoms with van der Waals surface area (Å²) in [6.07, 6.45) is -3.78. The van der Waals surface area contributed by atoms with Crippen LogP contribution < -0.4 is 4.57 Å². The van der Waals surface area contributed by atoms with Crippen molar-refractivity contribution in [2.24, 2.45) is 0 Å². The lowest BCUT2D eigenvalue weighted by Crippen LogP contribution is -2.44. The van der Waals surface area contributed by atoms with Crippen LogP contribution in [0.4, 0.5) is 13.2 Å². The molecule has 0 aliphatic heterocycles. The van der Waals surface area contributed by atoms with E-state index in [0.717, 1.165) is 11.1 Å². The number of para-hydroxylation sites is 2. The molecule has 0 aliphatic carbocycles. The van der Waals surface area contributed by atoms with E-state index in [4.69, 9.17) is 0 Å². The summed E-state index contributed by atoms with van der Waals surface area (Å²) in [4.78, 5) is 0. The van der Waals surface area contributed by atoms with Crippen LogP contribution in [0.5, 0.6) is 0 Å². The molecule has 5 heteroatoms. The largest absolute Gasteiger partial charge is 0.426 e. The highest BCUT2D eigenvalue weighted by molar-refractivity contribution is 5.72. The molecule has 0 radical (unpaired) electrons. The monoisotopic (exact) mass is 319 g/mol. The Kier molecular flexibility index (Phi) is 4.11. The number of hydrogen-bond donors (Lipinski definition) is 0. The van der Waals surface area contributed by atoms with Crippen LogP contribution >= 0.6 is 0 Å². The third-order valence-corrected chi connectivity index (χ3v) is 3.95. The fourth-order valence-electron chi connectivity index (χ4n) is 3.02. The number of halogens is 3. The Hall–Kier alpha value is -2.30. The molecule has 0 saturated heterocycles. The van der Waals surface area contributed by atoms with Gasteiger partial charge >= 0.3 is 6.18 Å². The second-order valence-corrected chi connectivity index (χ2v) is 5.51. The summed E-state index contributed by atoms with van der Waals surface area (Å²) in [5.74, 6) is 0.678. The summed E-state index contributed by atoms with van der Waals surface area (Å²) >= 11 is 0. The van der Waals surface area contributed by atoms with E-state index >= 15 is 0 Å². The predicted molar refractivity (Wildman–Crippen MR) is 83.1 cm³/mol. The van der Waals surface area contributed by atoms with Gasteiger partial charge in [-0.2, -0.15) is 13.2 Å². The normalized spacial score (nSPS) is 12.0. The van der Waals surface area contributed by atoms with Gasteiger partial charge in [0.15, 0.2) is 17.6 Å². The van der Waals surface area contributed by atoms with Gasteiger partial charge in [-0.05, 0) is 24.6 Å². The van der Waals surface area contributed by atoms with Crippen molar-refractivity contribution in [3.63, 3.8) is 0 Å². The van der Waals surface area contributed by atoms with Crippen molar-refractivity contribution >= 4 is 11.0 Å². The molecule has 0 spiro atoms. The third-order valence-electron chi connectivity index (χ3n) is 3.95. The molecule has 0 atom stereocenters. The summed E-state index contributed by atoms with van der Waals surface area (Å²) in [7, 11) is 0. The summed E-state index contributed by atoms with van der Waals surface area (Å²) in [6.45, 7) is 1.62. The van der Waals surface area contributed by atoms with Crippen LogP contribution in [0.1, 0.15) is 18.3 Å². The maximum absolute atomic E-state index is 13.1. The van der Waals surface area contributed by atoms with E-state index in [9.17, 15) is 13.2 Å². The minimum Gasteiger partial charge on any atom is -0.227 e. The smallest absolute Gasteiger partial charge is 0.227 e. The molecular formula is C18H18F3N2+. The molecule has 0 amide bonds. The van der Waals surface area contributed by atoms with Gasteiger partial charge in [-0.1, -0.05) is 42.5 Å². The van der Waals surface area contributed by atoms with Crippen molar-refractivity contribution < 1.29 is 17.7 Å². The molecule has 1 aromatic heterocycles. The quantitative estimate of drug-likeness (QED) is 0.640. The SMILES string of the molecule is CCn1c(Cc2ccccc2)[n+](CC(F)(F)F)c2ccccc21. The number of alkyl halides is 3. The standard InChI is InChI=1S/C18H18F3N2/c1-2-22-15-10-6-7-11-16(15)23(13-18(19,20)21)17(22)12-14-8-4-3-5-9-14/h3-11H,2,12-13H2,1H3/q+1. The maximum atomic E-state index is 13.1. The lowest BCUT2D eigenvalue weighted by Gasteiger charge is -2.07. The number of aryl methyl sites for hydroxylation is 1. The minimum atomic E-state index is -4.25. The molecule has 1 heterocycles. The van der Waals surface area contributed by atoms with Crippen LogP contribution in [0, 0.1) is 0 Å². The zero-order chi connectivity index (χ0) is 16.4. The van der Waals surface area contributed by atoms with Gasteiger partial charge in [0.1, 0.15) is 0 Å². The zero-order valence-electron chi connectivity index (χ0n) is 12.8. The van der Waals surface area contributed by atoms with Crippen molar-refractivity contribution in [3.05, 3.63) is 66.0 Å². The molecule has 0 N–H and O–H groups in total. The summed E-state index contributed by atoms with van der Waals surface area (Å²) in [6, 6.07) is 16.9. The van der Waals surface area contributed by atoms with E-state index < -0.39 is 12.7 Å². The molecule has 2 aromatic carbocycles. The average molecular weight is 319 g/mol. The zero-order valence-corrected chi connectivity index (χ0v) is 12.8. The van der Waals surface area contributed by atoms with E-state index in [1.54, 1.807) is 12.1 Å². The van der Waals surface area contributed by atoms with Crippen LogP contribution in [0.3, 0.4) is 0 Å². The van der Waals surface area contributed by atoms with Gasteiger partial charge in [0.05, 0.1) is 13.0 Å². The lowest BCUT2D eigenvalue weighted by atomic mass is 10.1. The number of rotatable bonds is 4. The molecule has 3 aromatic rings. The molecule has 0 aliphatic rings. The van der Waals surface area contributed by atoms with Gasteiger partial charge < -0.3 is 0 Å².